The van der Waals surface area contributed by atoms with E-state index in [0.29, 0.717) is 12.1 Å². The van der Waals surface area contributed by atoms with E-state index >= 15 is 0 Å². The van der Waals surface area contributed by atoms with Crippen LogP contribution >= 0.6 is 40.7 Å². The van der Waals surface area contributed by atoms with Crippen molar-refractivity contribution in [2.75, 3.05) is 13.1 Å². The van der Waals surface area contributed by atoms with Gasteiger partial charge in [0.2, 0.25) is 0 Å². The molecule has 102 valence electrons. The molecular formula is C11H16BrCl2N3O. The monoisotopic (exact) mass is 355 g/mol. The molecule has 0 radical (unpaired) electrons. The maximum absolute atomic E-state index is 12.2. The highest BCUT2D eigenvalue weighted by Gasteiger charge is 2.28. The molecule has 2 N–H and O–H groups in total. The first-order valence-electron chi connectivity index (χ1n) is 5.34. The van der Waals surface area contributed by atoms with Crippen LogP contribution in [0.3, 0.4) is 0 Å². The summed E-state index contributed by atoms with van der Waals surface area (Å²) in [6, 6.07) is 1.98. The van der Waals surface area contributed by atoms with Crippen molar-refractivity contribution in [2.24, 2.45) is 5.73 Å². The number of rotatable bonds is 2. The first-order chi connectivity index (χ1) is 7.72. The van der Waals surface area contributed by atoms with Gasteiger partial charge in [-0.05, 0) is 34.8 Å². The predicted octanol–water partition coefficient (Wildman–Crippen LogP) is 2.25. The minimum absolute atomic E-state index is 0. The summed E-state index contributed by atoms with van der Waals surface area (Å²) in [5, 5.41) is 0. The summed E-state index contributed by atoms with van der Waals surface area (Å²) in [5.74, 6) is 0.0294. The molecule has 1 unspecified atom stereocenters. The van der Waals surface area contributed by atoms with Gasteiger partial charge < -0.3 is 10.6 Å². The number of likely N-dealkylation sites (tertiary alicyclic amines) is 1. The third-order valence-corrected chi connectivity index (χ3v) is 3.30. The van der Waals surface area contributed by atoms with E-state index in [1.165, 1.54) is 0 Å². The van der Waals surface area contributed by atoms with E-state index < -0.39 is 0 Å². The molecule has 1 atom stereocenters. The predicted molar refractivity (Wildman–Crippen MR) is 79.5 cm³/mol. The summed E-state index contributed by atoms with van der Waals surface area (Å²) in [7, 11) is 0. The Kier molecular flexibility index (Phi) is 7.78. The zero-order valence-corrected chi connectivity index (χ0v) is 12.9. The number of nitrogens with two attached hydrogens (primary N) is 1. The second-order valence-electron chi connectivity index (χ2n) is 3.92. The van der Waals surface area contributed by atoms with Gasteiger partial charge in [-0.3, -0.25) is 9.78 Å². The summed E-state index contributed by atoms with van der Waals surface area (Å²) >= 11 is 3.31. The number of carbonyl (C=O) groups is 1. The van der Waals surface area contributed by atoms with Gasteiger partial charge in [-0.15, -0.1) is 24.8 Å². The van der Waals surface area contributed by atoms with Crippen LogP contribution in [0.25, 0.3) is 0 Å². The van der Waals surface area contributed by atoms with Crippen LogP contribution in [0.5, 0.6) is 0 Å². The van der Waals surface area contributed by atoms with Gasteiger partial charge in [-0.1, -0.05) is 0 Å². The van der Waals surface area contributed by atoms with E-state index in [9.17, 15) is 4.79 Å². The molecule has 1 amide bonds. The van der Waals surface area contributed by atoms with E-state index in [1.807, 2.05) is 4.90 Å². The number of nitrogens with zero attached hydrogens (tertiary/aromatic N) is 2. The molecule has 0 bridgehead atoms. The van der Waals surface area contributed by atoms with Crippen LogP contribution in [-0.2, 0) is 0 Å². The molecule has 1 fully saturated rings. The topological polar surface area (TPSA) is 59.2 Å². The van der Waals surface area contributed by atoms with Gasteiger partial charge in [0, 0.05) is 36.0 Å². The zero-order chi connectivity index (χ0) is 11.5. The van der Waals surface area contributed by atoms with Gasteiger partial charge in [0.05, 0.1) is 5.56 Å². The molecule has 1 aliphatic rings. The van der Waals surface area contributed by atoms with Crippen LogP contribution < -0.4 is 5.73 Å². The minimum Gasteiger partial charge on any atom is -0.334 e. The van der Waals surface area contributed by atoms with Crippen molar-refractivity contribution in [2.45, 2.75) is 18.9 Å². The second kappa shape index (κ2) is 7.94. The highest BCUT2D eigenvalue weighted by molar-refractivity contribution is 9.10. The smallest absolute Gasteiger partial charge is 0.255 e. The Balaban J connectivity index is 0.00000144. The van der Waals surface area contributed by atoms with Gasteiger partial charge in [0.15, 0.2) is 0 Å². The molecule has 1 aliphatic heterocycles. The van der Waals surface area contributed by atoms with Crippen molar-refractivity contribution in [3.63, 3.8) is 0 Å². The maximum Gasteiger partial charge on any atom is 0.255 e. The van der Waals surface area contributed by atoms with E-state index in [4.69, 9.17) is 5.73 Å². The van der Waals surface area contributed by atoms with Gasteiger partial charge in [-0.25, -0.2) is 0 Å². The van der Waals surface area contributed by atoms with Crippen molar-refractivity contribution < 1.29 is 4.79 Å². The number of hydrogen-bond acceptors (Lipinski definition) is 3. The fraction of sp³-hybridized carbons (Fsp3) is 0.455. The lowest BCUT2D eigenvalue weighted by atomic mass is 10.2. The number of aromatic nitrogens is 1. The summed E-state index contributed by atoms with van der Waals surface area (Å²) in [6.45, 7) is 1.33. The normalized spacial score (nSPS) is 17.9. The van der Waals surface area contributed by atoms with Crippen molar-refractivity contribution in [3.05, 3.63) is 28.5 Å². The largest absolute Gasteiger partial charge is 0.334 e. The molecule has 2 rings (SSSR count). The highest BCUT2D eigenvalue weighted by Crippen LogP contribution is 2.20. The Labute approximate surface area is 127 Å². The minimum atomic E-state index is 0. The highest BCUT2D eigenvalue weighted by atomic mass is 79.9. The summed E-state index contributed by atoms with van der Waals surface area (Å²) < 4.78 is 0.821. The first-order valence-corrected chi connectivity index (χ1v) is 6.13. The van der Waals surface area contributed by atoms with Crippen LogP contribution in [0.2, 0.25) is 0 Å². The molecule has 4 nitrogen and oxygen atoms in total. The average molecular weight is 357 g/mol. The van der Waals surface area contributed by atoms with Crippen LogP contribution in [0.1, 0.15) is 23.2 Å². The van der Waals surface area contributed by atoms with E-state index in [2.05, 4.69) is 20.9 Å². The number of halogens is 3. The third-order valence-electron chi connectivity index (χ3n) is 2.86. The Bertz CT molecular complexity index is 406. The van der Waals surface area contributed by atoms with Crippen LogP contribution in [0.4, 0.5) is 0 Å². The first kappa shape index (κ1) is 17.6. The third kappa shape index (κ3) is 3.82. The quantitative estimate of drug-likeness (QED) is 0.884. The molecule has 0 aromatic carbocycles. The van der Waals surface area contributed by atoms with Crippen molar-refractivity contribution in [3.8, 4) is 0 Å². The van der Waals surface area contributed by atoms with Gasteiger partial charge in [0.25, 0.3) is 5.91 Å². The Morgan fingerprint density at radius 2 is 2.22 bits per heavy atom. The summed E-state index contributed by atoms with van der Waals surface area (Å²) in [6.07, 6.45) is 5.30. The molecule has 1 saturated heterocycles. The van der Waals surface area contributed by atoms with Crippen LogP contribution in [-0.4, -0.2) is 34.9 Å². The molecule has 7 heteroatoms. The lowest BCUT2D eigenvalue weighted by Gasteiger charge is -2.23. The average Bonchev–Trinajstić information content (AvgIpc) is 2.76. The molecular weight excluding hydrogens is 341 g/mol. The van der Waals surface area contributed by atoms with Crippen molar-refractivity contribution in [1.82, 2.24) is 9.88 Å². The molecule has 1 aromatic heterocycles. The molecule has 18 heavy (non-hydrogen) atoms. The lowest BCUT2D eigenvalue weighted by molar-refractivity contribution is 0.0740. The van der Waals surface area contributed by atoms with E-state index in [0.717, 1.165) is 23.9 Å². The van der Waals surface area contributed by atoms with Crippen molar-refractivity contribution >= 4 is 46.7 Å². The van der Waals surface area contributed by atoms with Crippen molar-refractivity contribution in [1.29, 1.82) is 0 Å². The number of pyridine rings is 1. The Morgan fingerprint density at radius 1 is 1.50 bits per heavy atom. The number of amides is 1. The van der Waals surface area contributed by atoms with Crippen LogP contribution in [0.15, 0.2) is 22.9 Å². The lowest BCUT2D eigenvalue weighted by Crippen LogP contribution is -2.39. The number of carbonyl (C=O) groups excluding carboxylic acids is 1. The second-order valence-corrected chi connectivity index (χ2v) is 4.84. The fourth-order valence-electron chi connectivity index (χ4n) is 2.04. The molecule has 0 aliphatic carbocycles. The van der Waals surface area contributed by atoms with E-state index in [1.54, 1.807) is 18.5 Å². The fourth-order valence-corrected chi connectivity index (χ4v) is 2.41. The Morgan fingerprint density at radius 3 is 2.83 bits per heavy atom. The maximum atomic E-state index is 12.2. The summed E-state index contributed by atoms with van der Waals surface area (Å²) in [5.41, 5.74) is 6.27. The molecule has 2 heterocycles. The van der Waals surface area contributed by atoms with E-state index in [-0.39, 0.29) is 36.8 Å². The zero-order valence-electron chi connectivity index (χ0n) is 9.71. The van der Waals surface area contributed by atoms with Gasteiger partial charge in [0.1, 0.15) is 0 Å². The standard InChI is InChI=1S/C11H14BrN3O.2ClH/c12-9-4-8(6-14-7-9)11(16)15-3-1-2-10(15)5-13;;/h4,6-7,10H,1-3,5,13H2;2*1H. The van der Waals surface area contributed by atoms with Crippen LogP contribution in [0, 0.1) is 0 Å². The summed E-state index contributed by atoms with van der Waals surface area (Å²) in [4.78, 5) is 18.0. The van der Waals surface area contributed by atoms with Gasteiger partial charge >= 0.3 is 0 Å². The molecule has 0 saturated carbocycles. The number of hydrogen-bond donors (Lipinski definition) is 1. The Hall–Kier alpha value is -0.360. The van der Waals surface area contributed by atoms with Gasteiger partial charge in [-0.2, -0.15) is 0 Å². The SMILES string of the molecule is Cl.Cl.NCC1CCCN1C(=O)c1cncc(Br)c1. The molecule has 0 spiro atoms. The molecule has 1 aromatic rings.